The highest BCUT2D eigenvalue weighted by Gasteiger charge is 2.23. The van der Waals surface area contributed by atoms with E-state index in [1.807, 2.05) is 0 Å². The average Bonchev–Trinajstić information content (AvgIpc) is 3.21. The third-order valence-corrected chi connectivity index (χ3v) is 4.73. The minimum Gasteiger partial charge on any atom is -0.308 e. The Kier molecular flexibility index (Phi) is 5.87. The van der Waals surface area contributed by atoms with E-state index in [-0.39, 0.29) is 5.54 Å². The SMILES string of the molecule is CCN(Cc1ccc(CNC(C)(C)C)cc1Br)CC1CC1. The Balaban J connectivity index is 1.94. The van der Waals surface area contributed by atoms with Gasteiger partial charge < -0.3 is 5.32 Å². The maximum absolute atomic E-state index is 3.75. The zero-order chi connectivity index (χ0) is 15.5. The van der Waals surface area contributed by atoms with Gasteiger partial charge in [0.1, 0.15) is 0 Å². The van der Waals surface area contributed by atoms with Gasteiger partial charge in [-0.15, -0.1) is 0 Å². The topological polar surface area (TPSA) is 15.3 Å². The molecular weight excluding hydrogens is 324 g/mol. The third kappa shape index (κ3) is 6.09. The van der Waals surface area contributed by atoms with E-state index in [0.717, 1.165) is 25.6 Å². The van der Waals surface area contributed by atoms with Crippen molar-refractivity contribution in [2.75, 3.05) is 13.1 Å². The first kappa shape index (κ1) is 17.0. The molecule has 21 heavy (non-hydrogen) atoms. The fraction of sp³-hybridized carbons (Fsp3) is 0.667. The Hall–Kier alpha value is -0.380. The number of hydrogen-bond acceptors (Lipinski definition) is 2. The fourth-order valence-electron chi connectivity index (χ4n) is 2.41. The van der Waals surface area contributed by atoms with E-state index in [1.54, 1.807) is 0 Å². The van der Waals surface area contributed by atoms with Crippen molar-refractivity contribution >= 4 is 15.9 Å². The van der Waals surface area contributed by atoms with Crippen molar-refractivity contribution in [3.63, 3.8) is 0 Å². The smallest absolute Gasteiger partial charge is 0.0244 e. The van der Waals surface area contributed by atoms with Crippen LogP contribution in [0.2, 0.25) is 0 Å². The molecule has 0 amide bonds. The molecule has 3 heteroatoms. The zero-order valence-electron chi connectivity index (χ0n) is 13.9. The summed E-state index contributed by atoms with van der Waals surface area (Å²) >= 11 is 3.75. The van der Waals surface area contributed by atoms with E-state index >= 15 is 0 Å². The lowest BCUT2D eigenvalue weighted by Gasteiger charge is -2.22. The molecule has 1 aromatic carbocycles. The lowest BCUT2D eigenvalue weighted by Crippen LogP contribution is -2.35. The molecule has 1 aliphatic rings. The summed E-state index contributed by atoms with van der Waals surface area (Å²) in [6.45, 7) is 13.2. The van der Waals surface area contributed by atoms with Crippen LogP contribution in [0.5, 0.6) is 0 Å². The Morgan fingerprint density at radius 3 is 2.52 bits per heavy atom. The number of hydrogen-bond donors (Lipinski definition) is 1. The Bertz CT molecular complexity index is 461. The molecule has 1 aromatic rings. The zero-order valence-corrected chi connectivity index (χ0v) is 15.5. The van der Waals surface area contributed by atoms with Gasteiger partial charge in [-0.1, -0.05) is 35.0 Å². The van der Waals surface area contributed by atoms with Gasteiger partial charge in [-0.05, 0) is 63.3 Å². The van der Waals surface area contributed by atoms with E-state index in [1.165, 1.54) is 35.0 Å². The van der Waals surface area contributed by atoms with Crippen LogP contribution < -0.4 is 5.32 Å². The van der Waals surface area contributed by atoms with Crippen LogP contribution in [0.4, 0.5) is 0 Å². The summed E-state index contributed by atoms with van der Waals surface area (Å²) in [5.74, 6) is 0.957. The monoisotopic (exact) mass is 352 g/mol. The standard InChI is InChI=1S/C18H29BrN2/c1-5-21(12-14-6-7-14)13-16-9-8-15(10-17(16)19)11-20-18(2,3)4/h8-10,14,20H,5-7,11-13H2,1-4H3. The summed E-state index contributed by atoms with van der Waals surface area (Å²) in [6, 6.07) is 6.79. The molecule has 0 spiro atoms. The Labute approximate surface area is 138 Å². The summed E-state index contributed by atoms with van der Waals surface area (Å²) < 4.78 is 1.24. The highest BCUT2D eigenvalue weighted by molar-refractivity contribution is 9.10. The van der Waals surface area contributed by atoms with Crippen molar-refractivity contribution in [2.45, 2.75) is 59.2 Å². The second kappa shape index (κ2) is 7.26. The van der Waals surface area contributed by atoms with Crippen molar-refractivity contribution < 1.29 is 0 Å². The molecule has 2 rings (SSSR count). The van der Waals surface area contributed by atoms with Crippen LogP contribution in [0.1, 0.15) is 51.7 Å². The minimum atomic E-state index is 0.161. The molecule has 0 radical (unpaired) electrons. The highest BCUT2D eigenvalue weighted by Crippen LogP contribution is 2.30. The molecule has 1 saturated carbocycles. The quantitative estimate of drug-likeness (QED) is 0.773. The largest absolute Gasteiger partial charge is 0.308 e. The molecule has 0 unspecified atom stereocenters. The van der Waals surface area contributed by atoms with E-state index in [0.29, 0.717) is 0 Å². The van der Waals surface area contributed by atoms with Gasteiger partial charge in [0, 0.05) is 29.6 Å². The van der Waals surface area contributed by atoms with E-state index in [4.69, 9.17) is 0 Å². The Morgan fingerprint density at radius 2 is 2.00 bits per heavy atom. The highest BCUT2D eigenvalue weighted by atomic mass is 79.9. The number of benzene rings is 1. The van der Waals surface area contributed by atoms with E-state index < -0.39 is 0 Å². The number of nitrogens with zero attached hydrogens (tertiary/aromatic N) is 1. The molecule has 0 saturated heterocycles. The summed E-state index contributed by atoms with van der Waals surface area (Å²) in [5.41, 5.74) is 2.90. The average molecular weight is 353 g/mol. The van der Waals surface area contributed by atoms with Crippen molar-refractivity contribution in [1.29, 1.82) is 0 Å². The van der Waals surface area contributed by atoms with Crippen LogP contribution in [0.25, 0.3) is 0 Å². The van der Waals surface area contributed by atoms with Gasteiger partial charge in [-0.3, -0.25) is 4.90 Å². The summed E-state index contributed by atoms with van der Waals surface area (Å²) in [5, 5.41) is 3.54. The first-order chi connectivity index (χ1) is 9.87. The molecular formula is C18H29BrN2. The predicted octanol–water partition coefficient (Wildman–Crippen LogP) is 4.57. The van der Waals surface area contributed by atoms with Gasteiger partial charge in [-0.2, -0.15) is 0 Å². The van der Waals surface area contributed by atoms with Gasteiger partial charge in [-0.25, -0.2) is 0 Å². The third-order valence-electron chi connectivity index (χ3n) is 3.99. The first-order valence-corrected chi connectivity index (χ1v) is 8.91. The van der Waals surface area contributed by atoms with Gasteiger partial charge in [0.2, 0.25) is 0 Å². The Morgan fingerprint density at radius 1 is 1.29 bits per heavy atom. The van der Waals surface area contributed by atoms with Crippen molar-refractivity contribution in [3.8, 4) is 0 Å². The fourth-order valence-corrected chi connectivity index (χ4v) is 2.96. The lowest BCUT2D eigenvalue weighted by molar-refractivity contribution is 0.268. The summed E-state index contributed by atoms with van der Waals surface area (Å²) in [4.78, 5) is 2.56. The number of halogens is 1. The molecule has 0 bridgehead atoms. The summed E-state index contributed by atoms with van der Waals surface area (Å²) in [7, 11) is 0. The van der Waals surface area contributed by atoms with E-state index in [2.05, 4.69) is 72.0 Å². The maximum atomic E-state index is 3.75. The van der Waals surface area contributed by atoms with Crippen molar-refractivity contribution in [1.82, 2.24) is 10.2 Å². The second-order valence-corrected chi connectivity index (χ2v) is 8.15. The van der Waals surface area contributed by atoms with Crippen molar-refractivity contribution in [2.24, 2.45) is 5.92 Å². The molecule has 0 aromatic heterocycles. The van der Waals surface area contributed by atoms with Gasteiger partial charge in [0.05, 0.1) is 0 Å². The van der Waals surface area contributed by atoms with Crippen LogP contribution in [-0.2, 0) is 13.1 Å². The van der Waals surface area contributed by atoms with Gasteiger partial charge in [0.15, 0.2) is 0 Å². The lowest BCUT2D eigenvalue weighted by atomic mass is 10.1. The minimum absolute atomic E-state index is 0.161. The molecule has 118 valence electrons. The van der Waals surface area contributed by atoms with Crippen molar-refractivity contribution in [3.05, 3.63) is 33.8 Å². The van der Waals surface area contributed by atoms with Crippen LogP contribution >= 0.6 is 15.9 Å². The van der Waals surface area contributed by atoms with Crippen LogP contribution in [0, 0.1) is 5.92 Å². The molecule has 1 fully saturated rings. The first-order valence-electron chi connectivity index (χ1n) is 8.12. The number of rotatable bonds is 7. The normalized spacial score (nSPS) is 15.7. The summed E-state index contributed by atoms with van der Waals surface area (Å²) in [6.07, 6.45) is 2.85. The molecule has 0 heterocycles. The molecule has 0 atom stereocenters. The molecule has 1 N–H and O–H groups in total. The van der Waals surface area contributed by atoms with Crippen LogP contribution in [-0.4, -0.2) is 23.5 Å². The molecule has 2 nitrogen and oxygen atoms in total. The van der Waals surface area contributed by atoms with Crippen LogP contribution in [0.3, 0.4) is 0 Å². The maximum Gasteiger partial charge on any atom is 0.0244 e. The van der Waals surface area contributed by atoms with Crippen LogP contribution in [0.15, 0.2) is 22.7 Å². The molecule has 0 aliphatic heterocycles. The van der Waals surface area contributed by atoms with E-state index in [9.17, 15) is 0 Å². The number of nitrogens with one attached hydrogen (secondary N) is 1. The second-order valence-electron chi connectivity index (χ2n) is 7.30. The van der Waals surface area contributed by atoms with Gasteiger partial charge in [0.25, 0.3) is 0 Å². The van der Waals surface area contributed by atoms with Gasteiger partial charge >= 0.3 is 0 Å². The predicted molar refractivity (Wildman–Crippen MR) is 94.4 cm³/mol. The molecule has 1 aliphatic carbocycles.